The van der Waals surface area contributed by atoms with E-state index >= 15 is 0 Å². The SMILES string of the molecule is CC(C)(C)n1cc(CNCCSc2ccccc2)nn1. The molecule has 0 bridgehead atoms. The summed E-state index contributed by atoms with van der Waals surface area (Å²) in [7, 11) is 0. The first-order valence-electron chi connectivity index (χ1n) is 6.86. The van der Waals surface area contributed by atoms with Crippen molar-refractivity contribution in [3.8, 4) is 0 Å². The second-order valence-corrected chi connectivity index (χ2v) is 6.83. The summed E-state index contributed by atoms with van der Waals surface area (Å²) in [5.74, 6) is 1.05. The molecule has 0 spiro atoms. The minimum Gasteiger partial charge on any atom is -0.310 e. The van der Waals surface area contributed by atoms with Gasteiger partial charge >= 0.3 is 0 Å². The van der Waals surface area contributed by atoms with E-state index in [1.807, 2.05) is 28.7 Å². The molecule has 1 N–H and O–H groups in total. The van der Waals surface area contributed by atoms with Crippen molar-refractivity contribution in [3.05, 3.63) is 42.2 Å². The highest BCUT2D eigenvalue weighted by molar-refractivity contribution is 7.99. The smallest absolute Gasteiger partial charge is 0.0965 e. The third kappa shape index (κ3) is 4.65. The summed E-state index contributed by atoms with van der Waals surface area (Å²) >= 11 is 1.86. The summed E-state index contributed by atoms with van der Waals surface area (Å²) < 4.78 is 1.91. The molecule has 5 heteroatoms. The zero-order valence-electron chi connectivity index (χ0n) is 12.3. The standard InChI is InChI=1S/C15H22N4S/c1-15(2,3)19-12-13(17-18-19)11-16-9-10-20-14-7-5-4-6-8-14/h4-8,12,16H,9-11H2,1-3H3. The predicted molar refractivity (Wildman–Crippen MR) is 83.9 cm³/mol. The van der Waals surface area contributed by atoms with Crippen LogP contribution in [0, 0.1) is 0 Å². The Labute approximate surface area is 125 Å². The third-order valence-electron chi connectivity index (χ3n) is 2.83. The molecule has 0 fully saturated rings. The maximum absolute atomic E-state index is 4.18. The Bertz CT molecular complexity index is 516. The Morgan fingerprint density at radius 2 is 1.95 bits per heavy atom. The number of aromatic nitrogens is 3. The first-order chi connectivity index (χ1) is 9.55. The van der Waals surface area contributed by atoms with Gasteiger partial charge in [0, 0.05) is 23.7 Å². The van der Waals surface area contributed by atoms with Crippen LogP contribution in [0.1, 0.15) is 26.5 Å². The van der Waals surface area contributed by atoms with Crippen molar-refractivity contribution in [3.63, 3.8) is 0 Å². The summed E-state index contributed by atoms with van der Waals surface area (Å²) in [5, 5.41) is 11.7. The van der Waals surface area contributed by atoms with Crippen molar-refractivity contribution in [1.29, 1.82) is 0 Å². The van der Waals surface area contributed by atoms with Crippen LogP contribution in [0.3, 0.4) is 0 Å². The normalized spacial score (nSPS) is 11.8. The van der Waals surface area contributed by atoms with Crippen LogP contribution in [0.4, 0.5) is 0 Å². The zero-order chi connectivity index (χ0) is 14.4. The third-order valence-corrected chi connectivity index (χ3v) is 3.84. The number of nitrogens with one attached hydrogen (secondary N) is 1. The summed E-state index contributed by atoms with van der Waals surface area (Å²) in [6.07, 6.45) is 2.01. The molecule has 1 aromatic heterocycles. The van der Waals surface area contributed by atoms with Gasteiger partial charge in [0.2, 0.25) is 0 Å². The molecule has 1 heterocycles. The number of hydrogen-bond acceptors (Lipinski definition) is 4. The van der Waals surface area contributed by atoms with Gasteiger partial charge in [0.25, 0.3) is 0 Å². The second kappa shape index (κ2) is 6.90. The van der Waals surface area contributed by atoms with Crippen LogP contribution < -0.4 is 5.32 Å². The summed E-state index contributed by atoms with van der Waals surface area (Å²) in [4.78, 5) is 1.31. The Kier molecular flexibility index (Phi) is 5.20. The lowest BCUT2D eigenvalue weighted by molar-refractivity contribution is 0.347. The van der Waals surface area contributed by atoms with Crippen LogP contribution in [0.2, 0.25) is 0 Å². The Morgan fingerprint density at radius 1 is 1.20 bits per heavy atom. The van der Waals surface area contributed by atoms with E-state index < -0.39 is 0 Å². The van der Waals surface area contributed by atoms with Crippen LogP contribution in [-0.4, -0.2) is 27.3 Å². The molecule has 2 aromatic rings. The van der Waals surface area contributed by atoms with Crippen molar-refractivity contribution in [2.24, 2.45) is 0 Å². The van der Waals surface area contributed by atoms with Gasteiger partial charge in [0.05, 0.1) is 17.4 Å². The van der Waals surface area contributed by atoms with Crippen molar-refractivity contribution >= 4 is 11.8 Å². The number of benzene rings is 1. The molecule has 0 aliphatic heterocycles. The van der Waals surface area contributed by atoms with Gasteiger partial charge in [-0.05, 0) is 32.9 Å². The van der Waals surface area contributed by atoms with E-state index in [2.05, 4.69) is 60.7 Å². The Balaban J connectivity index is 1.67. The lowest BCUT2D eigenvalue weighted by atomic mass is 10.1. The predicted octanol–water partition coefficient (Wildman–Crippen LogP) is 2.92. The number of hydrogen-bond donors (Lipinski definition) is 1. The van der Waals surface area contributed by atoms with Crippen molar-refractivity contribution in [2.75, 3.05) is 12.3 Å². The van der Waals surface area contributed by atoms with Crippen LogP contribution >= 0.6 is 11.8 Å². The molecular formula is C15H22N4S. The molecule has 20 heavy (non-hydrogen) atoms. The number of rotatable bonds is 6. The highest BCUT2D eigenvalue weighted by Crippen LogP contribution is 2.16. The van der Waals surface area contributed by atoms with Gasteiger partial charge in [-0.1, -0.05) is 23.4 Å². The van der Waals surface area contributed by atoms with E-state index in [1.165, 1.54) is 4.90 Å². The van der Waals surface area contributed by atoms with Crippen LogP contribution in [-0.2, 0) is 12.1 Å². The maximum Gasteiger partial charge on any atom is 0.0965 e. The van der Waals surface area contributed by atoms with Crippen LogP contribution in [0.25, 0.3) is 0 Å². The molecule has 0 radical (unpaired) electrons. The molecule has 0 aliphatic carbocycles. The number of nitrogens with zero attached hydrogens (tertiary/aromatic N) is 3. The van der Waals surface area contributed by atoms with Crippen LogP contribution in [0.5, 0.6) is 0 Å². The van der Waals surface area contributed by atoms with Crippen molar-refractivity contribution < 1.29 is 0 Å². The quantitative estimate of drug-likeness (QED) is 0.656. The van der Waals surface area contributed by atoms with Gasteiger partial charge in [-0.15, -0.1) is 16.9 Å². The first kappa shape index (κ1) is 15.1. The Morgan fingerprint density at radius 3 is 2.60 bits per heavy atom. The first-order valence-corrected chi connectivity index (χ1v) is 7.84. The van der Waals surface area contributed by atoms with Crippen LogP contribution in [0.15, 0.2) is 41.4 Å². The van der Waals surface area contributed by atoms with E-state index in [4.69, 9.17) is 0 Å². The van der Waals surface area contributed by atoms with Gasteiger partial charge in [0.1, 0.15) is 0 Å². The van der Waals surface area contributed by atoms with E-state index in [1.54, 1.807) is 0 Å². The molecule has 2 rings (SSSR count). The van der Waals surface area contributed by atoms with E-state index in [9.17, 15) is 0 Å². The highest BCUT2D eigenvalue weighted by Gasteiger charge is 2.14. The van der Waals surface area contributed by atoms with Gasteiger partial charge in [-0.25, -0.2) is 4.68 Å². The fourth-order valence-corrected chi connectivity index (χ4v) is 2.51. The van der Waals surface area contributed by atoms with E-state index in [0.717, 1.165) is 24.5 Å². The molecule has 1 aromatic carbocycles. The van der Waals surface area contributed by atoms with Crippen molar-refractivity contribution in [1.82, 2.24) is 20.3 Å². The van der Waals surface area contributed by atoms with Crippen molar-refractivity contribution in [2.45, 2.75) is 37.8 Å². The van der Waals surface area contributed by atoms with Gasteiger partial charge in [0.15, 0.2) is 0 Å². The number of thioether (sulfide) groups is 1. The molecule has 0 amide bonds. The fourth-order valence-electron chi connectivity index (χ4n) is 1.68. The molecule has 108 valence electrons. The average molecular weight is 290 g/mol. The molecule has 0 saturated carbocycles. The second-order valence-electron chi connectivity index (χ2n) is 5.66. The summed E-state index contributed by atoms with van der Waals surface area (Å²) in [6, 6.07) is 10.5. The minimum absolute atomic E-state index is 0.00554. The fraction of sp³-hybridized carbons (Fsp3) is 0.467. The molecular weight excluding hydrogens is 268 g/mol. The summed E-state index contributed by atoms with van der Waals surface area (Å²) in [5.41, 5.74) is 0.985. The zero-order valence-corrected chi connectivity index (χ0v) is 13.2. The van der Waals surface area contributed by atoms with Gasteiger partial charge in [-0.3, -0.25) is 0 Å². The largest absolute Gasteiger partial charge is 0.310 e. The average Bonchev–Trinajstić information content (AvgIpc) is 2.88. The maximum atomic E-state index is 4.18. The monoisotopic (exact) mass is 290 g/mol. The Hall–Kier alpha value is -1.33. The van der Waals surface area contributed by atoms with E-state index in [-0.39, 0.29) is 5.54 Å². The van der Waals surface area contributed by atoms with Gasteiger partial charge in [-0.2, -0.15) is 0 Å². The summed E-state index contributed by atoms with van der Waals surface area (Å²) in [6.45, 7) is 8.09. The molecule has 0 atom stereocenters. The molecule has 4 nitrogen and oxygen atoms in total. The van der Waals surface area contributed by atoms with E-state index in [0.29, 0.717) is 0 Å². The lowest BCUT2D eigenvalue weighted by Gasteiger charge is -2.17. The molecule has 0 unspecified atom stereocenters. The molecule has 0 aliphatic rings. The topological polar surface area (TPSA) is 42.7 Å². The minimum atomic E-state index is -0.00554. The highest BCUT2D eigenvalue weighted by atomic mass is 32.2. The molecule has 0 saturated heterocycles. The lowest BCUT2D eigenvalue weighted by Crippen LogP contribution is -2.22. The van der Waals surface area contributed by atoms with Gasteiger partial charge < -0.3 is 5.32 Å².